The summed E-state index contributed by atoms with van der Waals surface area (Å²) >= 11 is -2.43. The van der Waals surface area contributed by atoms with Crippen LogP contribution in [0.3, 0.4) is 0 Å². The number of imidazole rings is 1. The summed E-state index contributed by atoms with van der Waals surface area (Å²) in [5.41, 5.74) is 2.21. The molecule has 1 atom stereocenters. The third-order valence-electron chi connectivity index (χ3n) is 5.31. The maximum absolute atomic E-state index is 12.5. The van der Waals surface area contributed by atoms with E-state index in [1.165, 1.54) is 0 Å². The summed E-state index contributed by atoms with van der Waals surface area (Å²) in [6, 6.07) is 1.72. The van der Waals surface area contributed by atoms with Crippen LogP contribution in [0.15, 0.2) is 18.5 Å². The van der Waals surface area contributed by atoms with E-state index in [1.807, 2.05) is 10.6 Å². The molecular weight excluding hydrogens is 409 g/mol. The molecule has 12 heteroatoms. The predicted octanol–water partition coefficient (Wildman–Crippen LogP) is 2.43. The second kappa shape index (κ2) is 8.01. The van der Waals surface area contributed by atoms with Crippen LogP contribution in [0.2, 0.25) is 0 Å². The summed E-state index contributed by atoms with van der Waals surface area (Å²) < 4.78 is 63.7. The van der Waals surface area contributed by atoms with Crippen LogP contribution in [0, 0.1) is 0 Å². The minimum Gasteiger partial charge on any atom is -0.760 e. The quantitative estimate of drug-likeness (QED) is 0.521. The lowest BCUT2D eigenvalue weighted by Crippen LogP contribution is -2.39. The number of nitrogens with zero attached hydrogens (tertiary/aromatic N) is 3. The van der Waals surface area contributed by atoms with E-state index in [9.17, 15) is 21.9 Å². The number of pyridine rings is 1. The van der Waals surface area contributed by atoms with Crippen LogP contribution in [0.5, 0.6) is 0 Å². The molecule has 1 aliphatic rings. The van der Waals surface area contributed by atoms with Crippen LogP contribution in [-0.4, -0.2) is 47.0 Å². The van der Waals surface area contributed by atoms with Gasteiger partial charge in [-0.05, 0) is 31.7 Å². The molecule has 0 bridgehead atoms. The summed E-state index contributed by atoms with van der Waals surface area (Å²) in [6.45, 7) is -0.959. The van der Waals surface area contributed by atoms with Gasteiger partial charge in [0, 0.05) is 34.9 Å². The Bertz CT molecular complexity index is 1030. The molecule has 158 valence electrons. The third-order valence-corrected chi connectivity index (χ3v) is 5.69. The Kier molecular flexibility index (Phi) is 5.60. The van der Waals surface area contributed by atoms with E-state index in [0.29, 0.717) is 42.7 Å². The molecule has 0 radical (unpaired) electrons. The van der Waals surface area contributed by atoms with Crippen molar-refractivity contribution in [3.05, 3.63) is 24.3 Å². The molecule has 1 unspecified atom stereocenters. The Labute approximate surface area is 166 Å². The maximum atomic E-state index is 12.5. The van der Waals surface area contributed by atoms with E-state index in [2.05, 4.69) is 25.0 Å². The zero-order valence-electron chi connectivity index (χ0n) is 15.3. The summed E-state index contributed by atoms with van der Waals surface area (Å²) in [6.07, 6.45) is 1.72. The highest BCUT2D eigenvalue weighted by atomic mass is 32.2. The Hall–Kier alpha value is -2.02. The summed E-state index contributed by atoms with van der Waals surface area (Å²) in [7, 11) is 0. The molecule has 29 heavy (non-hydrogen) atoms. The minimum atomic E-state index is -4.23. The first-order chi connectivity index (χ1) is 13.8. The zero-order chi connectivity index (χ0) is 20.6. The number of H-pyrrole nitrogens is 1. The van der Waals surface area contributed by atoms with Crippen molar-refractivity contribution in [3.63, 3.8) is 0 Å². The van der Waals surface area contributed by atoms with Crippen LogP contribution < -0.4 is 10.0 Å². The van der Waals surface area contributed by atoms with Crippen LogP contribution in [0.4, 0.5) is 13.2 Å². The van der Waals surface area contributed by atoms with Crippen molar-refractivity contribution in [2.24, 2.45) is 0 Å². The Morgan fingerprint density at radius 1 is 1.31 bits per heavy atom. The van der Waals surface area contributed by atoms with Gasteiger partial charge in [-0.25, -0.2) is 14.7 Å². The second-order valence-corrected chi connectivity index (χ2v) is 7.95. The number of rotatable bonds is 6. The van der Waals surface area contributed by atoms with Gasteiger partial charge in [0.25, 0.3) is 0 Å². The predicted molar refractivity (Wildman–Crippen MR) is 100 cm³/mol. The Balaban J connectivity index is 1.62. The molecule has 3 heterocycles. The first-order valence-electron chi connectivity index (χ1n) is 9.27. The average molecular weight is 429 g/mol. The third kappa shape index (κ3) is 4.44. The van der Waals surface area contributed by atoms with E-state index in [4.69, 9.17) is 0 Å². The number of aromatic nitrogens is 4. The number of halogens is 3. The van der Waals surface area contributed by atoms with Gasteiger partial charge in [-0.3, -0.25) is 4.21 Å². The van der Waals surface area contributed by atoms with Crippen molar-refractivity contribution < 1.29 is 21.9 Å². The molecule has 3 aromatic heterocycles. The standard InChI is InChI=1S/C17H21F3N6O2S/c18-17(19,20)9-23-10-1-3-11(4-2-10)26-14(8-24-29(27)28)25-13-7-22-16-12(15(13)26)5-6-21-16/h5-7,10-11,23-24H,1-4,8-9H2,(H,21,22)(H,27,28)/p-1. The molecule has 1 fully saturated rings. The molecular formula is C17H20F3N6O2S-. The van der Waals surface area contributed by atoms with Crippen molar-refractivity contribution in [3.8, 4) is 0 Å². The number of hydrogen-bond acceptors (Lipinski definition) is 5. The van der Waals surface area contributed by atoms with Gasteiger partial charge in [0.15, 0.2) is 0 Å². The summed E-state index contributed by atoms with van der Waals surface area (Å²) in [5.74, 6) is 0.561. The Morgan fingerprint density at radius 3 is 2.76 bits per heavy atom. The van der Waals surface area contributed by atoms with Crippen molar-refractivity contribution >= 4 is 33.3 Å². The average Bonchev–Trinajstić information content (AvgIpc) is 3.28. The topological polar surface area (TPSA) is 111 Å². The van der Waals surface area contributed by atoms with Crippen LogP contribution >= 0.6 is 0 Å². The first-order valence-corrected chi connectivity index (χ1v) is 10.3. The number of nitrogens with one attached hydrogen (secondary N) is 3. The lowest BCUT2D eigenvalue weighted by molar-refractivity contribution is -0.126. The van der Waals surface area contributed by atoms with Gasteiger partial charge in [0.1, 0.15) is 17.0 Å². The normalized spacial score (nSPS) is 21.8. The SMILES string of the molecule is O=S([O-])NCc1nc2cnc3[nH]ccc3c2n1C1CCC(NCC(F)(F)F)CC1. The number of fused-ring (bicyclic) bond motifs is 3. The second-order valence-electron chi connectivity index (χ2n) is 7.19. The monoisotopic (exact) mass is 429 g/mol. The van der Waals surface area contributed by atoms with E-state index in [0.717, 1.165) is 10.9 Å². The van der Waals surface area contributed by atoms with Crippen LogP contribution in [0.25, 0.3) is 22.1 Å². The lowest BCUT2D eigenvalue weighted by atomic mass is 9.90. The number of alkyl halides is 3. The molecule has 4 rings (SSSR count). The number of aromatic amines is 1. The molecule has 0 amide bonds. The van der Waals surface area contributed by atoms with Crippen molar-refractivity contribution in [2.75, 3.05) is 6.54 Å². The summed E-state index contributed by atoms with van der Waals surface area (Å²) in [4.78, 5) is 12.0. The molecule has 8 nitrogen and oxygen atoms in total. The van der Waals surface area contributed by atoms with Crippen LogP contribution in [0.1, 0.15) is 37.5 Å². The van der Waals surface area contributed by atoms with Crippen molar-refractivity contribution in [1.82, 2.24) is 29.6 Å². The summed E-state index contributed by atoms with van der Waals surface area (Å²) in [5, 5.41) is 3.46. The first kappa shape index (κ1) is 20.3. The lowest BCUT2D eigenvalue weighted by Gasteiger charge is -2.31. The minimum absolute atomic E-state index is 0.0151. The van der Waals surface area contributed by atoms with Crippen molar-refractivity contribution in [1.29, 1.82) is 0 Å². The van der Waals surface area contributed by atoms with Crippen molar-refractivity contribution in [2.45, 2.75) is 50.5 Å². The molecule has 0 aliphatic heterocycles. The molecule has 0 spiro atoms. The van der Waals surface area contributed by atoms with E-state index in [1.54, 1.807) is 12.4 Å². The number of hydrogen-bond donors (Lipinski definition) is 3. The molecule has 0 aromatic carbocycles. The van der Waals surface area contributed by atoms with Gasteiger partial charge in [0.05, 0.1) is 24.8 Å². The molecule has 1 saturated carbocycles. The van der Waals surface area contributed by atoms with E-state index in [-0.39, 0.29) is 18.6 Å². The van der Waals surface area contributed by atoms with E-state index < -0.39 is 24.0 Å². The van der Waals surface area contributed by atoms with Gasteiger partial charge >= 0.3 is 6.18 Å². The highest BCUT2D eigenvalue weighted by Gasteiger charge is 2.31. The fourth-order valence-corrected chi connectivity index (χ4v) is 4.33. The van der Waals surface area contributed by atoms with Gasteiger partial charge < -0.3 is 19.4 Å². The van der Waals surface area contributed by atoms with Gasteiger partial charge in [-0.2, -0.15) is 13.2 Å². The molecule has 0 saturated heterocycles. The maximum Gasteiger partial charge on any atom is 0.401 e. The zero-order valence-corrected chi connectivity index (χ0v) is 16.1. The van der Waals surface area contributed by atoms with Gasteiger partial charge in [0.2, 0.25) is 0 Å². The highest BCUT2D eigenvalue weighted by molar-refractivity contribution is 7.77. The highest BCUT2D eigenvalue weighted by Crippen LogP contribution is 2.35. The van der Waals surface area contributed by atoms with Crippen LogP contribution in [-0.2, 0) is 17.8 Å². The van der Waals surface area contributed by atoms with E-state index >= 15 is 0 Å². The molecule has 3 N–H and O–H groups in total. The Morgan fingerprint density at radius 2 is 2.07 bits per heavy atom. The molecule has 1 aliphatic carbocycles. The fraction of sp³-hybridized carbons (Fsp3) is 0.529. The molecule has 3 aromatic rings. The fourth-order valence-electron chi connectivity index (χ4n) is 4.08. The smallest absolute Gasteiger partial charge is 0.401 e. The van der Waals surface area contributed by atoms with Gasteiger partial charge in [-0.15, -0.1) is 0 Å². The largest absolute Gasteiger partial charge is 0.760 e. The van der Waals surface area contributed by atoms with Gasteiger partial charge in [-0.1, -0.05) is 0 Å².